The summed E-state index contributed by atoms with van der Waals surface area (Å²) in [6.45, 7) is 23.8. The van der Waals surface area contributed by atoms with Gasteiger partial charge in [-0.3, -0.25) is 0 Å². The smallest absolute Gasteiger partial charge is 1.00 e. The average Bonchev–Trinajstić information content (AvgIpc) is 3.40. The largest absolute Gasteiger partial charge is 4.00 e. The molecular formula is C34H48Cl2P2Ti. The van der Waals surface area contributed by atoms with Crippen LogP contribution in [0.1, 0.15) is 82.1 Å². The summed E-state index contributed by atoms with van der Waals surface area (Å²) in [6.07, 6.45) is 2.58. The molecule has 2 atom stereocenters. The summed E-state index contributed by atoms with van der Waals surface area (Å²) in [5.74, 6) is 0. The molecule has 212 valence electrons. The second-order valence-electron chi connectivity index (χ2n) is 12.3. The van der Waals surface area contributed by atoms with Gasteiger partial charge in [-0.15, -0.1) is 80.7 Å². The maximum absolute atomic E-state index is 2.43. The first kappa shape index (κ1) is 38.8. The van der Waals surface area contributed by atoms with E-state index in [4.69, 9.17) is 0 Å². The van der Waals surface area contributed by atoms with Gasteiger partial charge in [0.1, 0.15) is 0 Å². The Balaban J connectivity index is 0.000000688. The van der Waals surface area contributed by atoms with Gasteiger partial charge in [0.15, 0.2) is 0 Å². The molecule has 0 radical (unpaired) electrons. The van der Waals surface area contributed by atoms with Gasteiger partial charge >= 0.3 is 21.7 Å². The number of fused-ring (bicyclic) bond motifs is 2. The Labute approximate surface area is 269 Å². The fourth-order valence-corrected chi connectivity index (χ4v) is 13.0. The molecule has 0 N–H and O–H groups in total. The van der Waals surface area contributed by atoms with E-state index in [-0.39, 0.29) is 62.4 Å². The van der Waals surface area contributed by atoms with E-state index >= 15 is 0 Å². The normalized spacial score (nSPS) is 13.9. The zero-order valence-corrected chi connectivity index (χ0v) is 30.5. The zero-order valence-electron chi connectivity index (χ0n) is 25.6. The molecule has 0 bridgehead atoms. The second-order valence-corrected chi connectivity index (χ2v) is 19.2. The van der Waals surface area contributed by atoms with E-state index < -0.39 is 0 Å². The molecule has 4 aromatic carbocycles. The minimum absolute atomic E-state index is 0. The Hall–Kier alpha value is -0.186. The van der Waals surface area contributed by atoms with Gasteiger partial charge in [0.2, 0.25) is 0 Å². The van der Waals surface area contributed by atoms with Crippen LogP contribution in [-0.4, -0.2) is 21.6 Å². The molecule has 0 aliphatic rings. The molecule has 4 rings (SSSR count). The minimum Gasteiger partial charge on any atom is -1.00 e. The summed E-state index contributed by atoms with van der Waals surface area (Å²) in [4.78, 5) is 0. The number of halogens is 2. The molecule has 0 nitrogen and oxygen atoms in total. The Morgan fingerprint density at radius 3 is 1.36 bits per heavy atom. The first-order valence-corrected chi connectivity index (χ1v) is 16.6. The molecule has 0 fully saturated rings. The monoisotopic (exact) mass is 636 g/mol. The predicted molar refractivity (Wildman–Crippen MR) is 171 cm³/mol. The molecule has 0 aromatic heterocycles. The average molecular weight is 637 g/mol. The van der Waals surface area contributed by atoms with Gasteiger partial charge in [-0.25, -0.2) is 0 Å². The van der Waals surface area contributed by atoms with Crippen molar-refractivity contribution in [1.82, 2.24) is 0 Å². The molecule has 2 unspecified atom stereocenters. The maximum Gasteiger partial charge on any atom is 4.00 e. The Morgan fingerprint density at radius 2 is 1.00 bits per heavy atom. The van der Waals surface area contributed by atoms with Crippen LogP contribution in [0.4, 0.5) is 0 Å². The molecular weight excluding hydrogens is 589 g/mol. The van der Waals surface area contributed by atoms with Crippen molar-refractivity contribution in [1.29, 1.82) is 0 Å². The first-order valence-electron chi connectivity index (χ1n) is 13.8. The third-order valence-corrected chi connectivity index (χ3v) is 14.2. The van der Waals surface area contributed by atoms with Gasteiger partial charge in [-0.2, -0.15) is 12.1 Å². The van der Waals surface area contributed by atoms with E-state index in [0.717, 1.165) is 11.3 Å². The van der Waals surface area contributed by atoms with Crippen LogP contribution in [-0.2, 0) is 21.7 Å². The quantitative estimate of drug-likeness (QED) is 0.166. The van der Waals surface area contributed by atoms with Crippen molar-refractivity contribution < 1.29 is 46.5 Å². The molecule has 0 spiro atoms. The Bertz CT molecular complexity index is 1160. The third kappa shape index (κ3) is 9.95. The second kappa shape index (κ2) is 16.5. The molecule has 0 saturated heterocycles. The molecule has 4 aromatic rings. The van der Waals surface area contributed by atoms with Crippen LogP contribution >= 0.6 is 15.8 Å². The van der Waals surface area contributed by atoms with Crippen LogP contribution in [0.2, 0.25) is 0 Å². The van der Waals surface area contributed by atoms with E-state index in [2.05, 4.69) is 142 Å². The van der Waals surface area contributed by atoms with Gasteiger partial charge in [0.25, 0.3) is 0 Å². The summed E-state index contributed by atoms with van der Waals surface area (Å²) in [6, 6.07) is 27.1. The van der Waals surface area contributed by atoms with Gasteiger partial charge in [-0.05, 0) is 34.5 Å². The standard InChI is InChI=1S/2C17H24P.2ClH.Ti/c1-16(2,3)18(17(4,5)6)15-11-13-9-7-8-10-14(13)12-15;1-5-13(3)18(14(4)6-2)17-11-15-9-7-8-10-16(15)12-17;;;/h7-12H,1-6H3;7-14H,5-6H2,1-4H3;2*1H;/q2*-1;;;+4/p-2. The van der Waals surface area contributed by atoms with Crippen molar-refractivity contribution in [2.45, 2.75) is 104 Å². The predicted octanol–water partition coefficient (Wildman–Crippen LogP) is 4.53. The number of hydrogen-bond acceptors (Lipinski definition) is 0. The summed E-state index contributed by atoms with van der Waals surface area (Å²) >= 11 is 0. The van der Waals surface area contributed by atoms with Crippen molar-refractivity contribution >= 4 is 48.0 Å². The fraction of sp³-hybridized carbons (Fsp3) is 0.471. The summed E-state index contributed by atoms with van der Waals surface area (Å²) in [5, 5.41) is 9.43. The van der Waals surface area contributed by atoms with Gasteiger partial charge in [0.05, 0.1) is 0 Å². The van der Waals surface area contributed by atoms with Crippen molar-refractivity contribution in [3.8, 4) is 0 Å². The summed E-state index contributed by atoms with van der Waals surface area (Å²) in [5.41, 5.74) is 1.65. The van der Waals surface area contributed by atoms with E-state index in [1.54, 1.807) is 10.6 Å². The Morgan fingerprint density at radius 1 is 0.641 bits per heavy atom. The van der Waals surface area contributed by atoms with Crippen molar-refractivity contribution in [2.24, 2.45) is 0 Å². The molecule has 0 aliphatic heterocycles. The maximum atomic E-state index is 2.43. The molecule has 0 aliphatic carbocycles. The van der Waals surface area contributed by atoms with Crippen LogP contribution in [0.5, 0.6) is 0 Å². The van der Waals surface area contributed by atoms with E-state index in [9.17, 15) is 0 Å². The Kier molecular flexibility index (Phi) is 16.4. The van der Waals surface area contributed by atoms with E-state index in [1.165, 1.54) is 34.4 Å². The van der Waals surface area contributed by atoms with Crippen LogP contribution < -0.4 is 35.4 Å². The summed E-state index contributed by atoms with van der Waals surface area (Å²) < 4.78 is 0. The van der Waals surface area contributed by atoms with Crippen LogP contribution in [0.25, 0.3) is 21.5 Å². The van der Waals surface area contributed by atoms with Crippen molar-refractivity contribution in [2.75, 3.05) is 0 Å². The van der Waals surface area contributed by atoms with Crippen LogP contribution in [0.3, 0.4) is 0 Å². The topological polar surface area (TPSA) is 0 Å². The molecule has 0 heterocycles. The van der Waals surface area contributed by atoms with Crippen LogP contribution in [0.15, 0.2) is 72.8 Å². The van der Waals surface area contributed by atoms with Crippen molar-refractivity contribution in [3.63, 3.8) is 0 Å². The fourth-order valence-electron chi connectivity index (χ4n) is 5.66. The number of benzene rings is 2. The van der Waals surface area contributed by atoms with Gasteiger partial charge in [-0.1, -0.05) is 97.2 Å². The SMILES string of the molecule is CC(C)(C)P(c1cc2ccccc2[cH-]1)C(C)(C)C.CCC(C)P(c1cc2ccccc2[cH-]1)C(C)CC.[Cl-].[Cl-].[Ti+4]. The van der Waals surface area contributed by atoms with Gasteiger partial charge in [0, 0.05) is 0 Å². The molecule has 39 heavy (non-hydrogen) atoms. The van der Waals surface area contributed by atoms with Gasteiger partial charge < -0.3 is 24.8 Å². The zero-order chi connectivity index (χ0) is 26.7. The minimum atomic E-state index is -0.185. The van der Waals surface area contributed by atoms with E-state index in [1.807, 2.05) is 0 Å². The number of rotatable bonds is 6. The number of hydrogen-bond donors (Lipinski definition) is 0. The molecule has 0 saturated carbocycles. The van der Waals surface area contributed by atoms with Crippen molar-refractivity contribution in [3.05, 3.63) is 72.8 Å². The summed E-state index contributed by atoms with van der Waals surface area (Å²) in [7, 11) is -0.210. The first-order chi connectivity index (χ1) is 16.9. The molecule has 0 amide bonds. The third-order valence-electron chi connectivity index (χ3n) is 7.23. The van der Waals surface area contributed by atoms with E-state index in [0.29, 0.717) is 10.3 Å². The van der Waals surface area contributed by atoms with Crippen LogP contribution in [0, 0.1) is 0 Å². The molecule has 5 heteroatoms.